The lowest BCUT2D eigenvalue weighted by molar-refractivity contribution is 0.0459. The molecule has 2 rings (SSSR count). The average molecular weight is 327 g/mol. The van der Waals surface area contributed by atoms with Crippen molar-refractivity contribution in [3.63, 3.8) is 0 Å². The van der Waals surface area contributed by atoms with Crippen molar-refractivity contribution in [3.8, 4) is 0 Å². The lowest BCUT2D eigenvalue weighted by atomic mass is 10.1. The lowest BCUT2D eigenvalue weighted by Crippen LogP contribution is -2.37. The minimum absolute atomic E-state index is 0.448. The third-order valence-electron chi connectivity index (χ3n) is 3.58. The number of anilines is 1. The van der Waals surface area contributed by atoms with Crippen molar-refractivity contribution in [1.29, 1.82) is 0 Å². The van der Waals surface area contributed by atoms with Gasteiger partial charge in [-0.2, -0.15) is 0 Å². The van der Waals surface area contributed by atoms with Crippen LogP contribution >= 0.6 is 15.9 Å². The molecule has 106 valence electrons. The molecule has 0 aliphatic carbocycles. The first-order valence-corrected chi connectivity index (χ1v) is 7.83. The zero-order chi connectivity index (χ0) is 13.7. The highest BCUT2D eigenvalue weighted by molar-refractivity contribution is 9.10. The summed E-state index contributed by atoms with van der Waals surface area (Å²) in [6, 6.07) is 6.63. The van der Waals surface area contributed by atoms with Crippen molar-refractivity contribution in [1.82, 2.24) is 5.32 Å². The van der Waals surface area contributed by atoms with Gasteiger partial charge in [-0.05, 0) is 60.4 Å². The largest absolute Gasteiger partial charge is 0.378 e. The molecule has 0 radical (unpaired) electrons. The summed E-state index contributed by atoms with van der Waals surface area (Å²) in [5, 5.41) is 3.18. The van der Waals surface area contributed by atoms with Crippen LogP contribution in [0.1, 0.15) is 25.3 Å². The van der Waals surface area contributed by atoms with Crippen molar-refractivity contribution >= 4 is 21.6 Å². The Kier molecular flexibility index (Phi) is 5.67. The SMILES string of the molecule is CCOC1CCN(c2ccc(CNC)cc2Br)CC1. The summed E-state index contributed by atoms with van der Waals surface area (Å²) >= 11 is 3.70. The molecule has 1 aliphatic heterocycles. The molecule has 3 nitrogen and oxygen atoms in total. The van der Waals surface area contributed by atoms with Gasteiger partial charge in [0.1, 0.15) is 0 Å². The van der Waals surface area contributed by atoms with Gasteiger partial charge in [-0.1, -0.05) is 6.07 Å². The smallest absolute Gasteiger partial charge is 0.0608 e. The van der Waals surface area contributed by atoms with Crippen molar-refractivity contribution in [2.75, 3.05) is 31.6 Å². The zero-order valence-electron chi connectivity index (χ0n) is 11.8. The Balaban J connectivity index is 1.99. The number of ether oxygens (including phenoxy) is 1. The Labute approximate surface area is 124 Å². The predicted octanol–water partition coefficient (Wildman–Crippen LogP) is 3.17. The molecule has 1 aromatic carbocycles. The zero-order valence-corrected chi connectivity index (χ0v) is 13.4. The fourth-order valence-electron chi connectivity index (χ4n) is 2.62. The van der Waals surface area contributed by atoms with E-state index in [9.17, 15) is 0 Å². The molecular formula is C15H23BrN2O. The molecule has 0 aromatic heterocycles. The van der Waals surface area contributed by atoms with Crippen LogP contribution in [0.15, 0.2) is 22.7 Å². The standard InChI is InChI=1S/C15H23BrN2O/c1-3-19-13-6-8-18(9-7-13)15-5-4-12(11-17-2)10-14(15)16/h4-5,10,13,17H,3,6-9,11H2,1-2H3. The van der Waals surface area contributed by atoms with Crippen LogP contribution in [0.2, 0.25) is 0 Å². The van der Waals surface area contributed by atoms with Gasteiger partial charge in [0.05, 0.1) is 11.8 Å². The van der Waals surface area contributed by atoms with E-state index >= 15 is 0 Å². The number of halogens is 1. The number of piperidine rings is 1. The first-order valence-electron chi connectivity index (χ1n) is 7.04. The van der Waals surface area contributed by atoms with E-state index in [2.05, 4.69) is 51.3 Å². The van der Waals surface area contributed by atoms with E-state index in [-0.39, 0.29) is 0 Å². The predicted molar refractivity (Wildman–Crippen MR) is 83.8 cm³/mol. The Morgan fingerprint density at radius 1 is 1.37 bits per heavy atom. The summed E-state index contributed by atoms with van der Waals surface area (Å²) in [5.41, 5.74) is 2.61. The van der Waals surface area contributed by atoms with Crippen LogP contribution in [0.25, 0.3) is 0 Å². The fraction of sp³-hybridized carbons (Fsp3) is 0.600. The van der Waals surface area contributed by atoms with Gasteiger partial charge >= 0.3 is 0 Å². The van der Waals surface area contributed by atoms with Gasteiger partial charge in [-0.3, -0.25) is 0 Å². The Bertz CT molecular complexity index is 403. The molecule has 1 aliphatic rings. The number of hydrogen-bond donors (Lipinski definition) is 1. The van der Waals surface area contributed by atoms with Gasteiger partial charge in [0.2, 0.25) is 0 Å². The molecule has 4 heteroatoms. The average Bonchev–Trinajstić information content (AvgIpc) is 2.41. The molecule has 1 saturated heterocycles. The fourth-order valence-corrected chi connectivity index (χ4v) is 3.30. The molecule has 0 bridgehead atoms. The second kappa shape index (κ2) is 7.27. The van der Waals surface area contributed by atoms with Gasteiger partial charge in [-0.15, -0.1) is 0 Å². The van der Waals surface area contributed by atoms with Gasteiger partial charge < -0.3 is 15.0 Å². The van der Waals surface area contributed by atoms with Gasteiger partial charge in [0.25, 0.3) is 0 Å². The summed E-state index contributed by atoms with van der Waals surface area (Å²) in [6.07, 6.45) is 2.69. The number of benzene rings is 1. The second-order valence-corrected chi connectivity index (χ2v) is 5.81. The van der Waals surface area contributed by atoms with Crippen LogP contribution in [0, 0.1) is 0 Å². The van der Waals surface area contributed by atoms with Crippen molar-refractivity contribution in [2.45, 2.75) is 32.4 Å². The van der Waals surface area contributed by atoms with E-state index in [0.717, 1.165) is 39.1 Å². The summed E-state index contributed by atoms with van der Waals surface area (Å²) in [4.78, 5) is 2.45. The summed E-state index contributed by atoms with van der Waals surface area (Å²) in [6.45, 7) is 5.96. The van der Waals surface area contributed by atoms with E-state index in [1.807, 2.05) is 7.05 Å². The molecule has 19 heavy (non-hydrogen) atoms. The summed E-state index contributed by atoms with van der Waals surface area (Å²) < 4.78 is 6.89. The quantitative estimate of drug-likeness (QED) is 0.899. The normalized spacial score (nSPS) is 16.9. The molecule has 0 spiro atoms. The van der Waals surface area contributed by atoms with Crippen LogP contribution in [0.3, 0.4) is 0 Å². The van der Waals surface area contributed by atoms with Crippen molar-refractivity contribution < 1.29 is 4.74 Å². The Morgan fingerprint density at radius 3 is 2.68 bits per heavy atom. The molecule has 0 saturated carbocycles. The molecular weight excluding hydrogens is 304 g/mol. The van der Waals surface area contributed by atoms with E-state index in [4.69, 9.17) is 4.74 Å². The minimum Gasteiger partial charge on any atom is -0.378 e. The molecule has 0 unspecified atom stereocenters. The van der Waals surface area contributed by atoms with E-state index in [1.165, 1.54) is 15.7 Å². The van der Waals surface area contributed by atoms with Crippen LogP contribution in [0.4, 0.5) is 5.69 Å². The number of rotatable bonds is 5. The van der Waals surface area contributed by atoms with Crippen LogP contribution in [0.5, 0.6) is 0 Å². The van der Waals surface area contributed by atoms with Gasteiger partial charge in [0.15, 0.2) is 0 Å². The van der Waals surface area contributed by atoms with E-state index in [0.29, 0.717) is 6.10 Å². The third kappa shape index (κ3) is 3.94. The number of nitrogens with one attached hydrogen (secondary N) is 1. The Hall–Kier alpha value is -0.580. The third-order valence-corrected chi connectivity index (χ3v) is 4.21. The molecule has 1 N–H and O–H groups in total. The maximum absolute atomic E-state index is 5.70. The van der Waals surface area contributed by atoms with Gasteiger partial charge in [0, 0.05) is 30.7 Å². The van der Waals surface area contributed by atoms with Crippen LogP contribution in [-0.4, -0.2) is 32.8 Å². The number of hydrogen-bond acceptors (Lipinski definition) is 3. The monoisotopic (exact) mass is 326 g/mol. The highest BCUT2D eigenvalue weighted by atomic mass is 79.9. The first kappa shape index (κ1) is 14.8. The first-order chi connectivity index (χ1) is 9.24. The number of nitrogens with zero attached hydrogens (tertiary/aromatic N) is 1. The molecule has 1 heterocycles. The molecule has 1 fully saturated rings. The Morgan fingerprint density at radius 2 is 2.11 bits per heavy atom. The van der Waals surface area contributed by atoms with Crippen molar-refractivity contribution in [3.05, 3.63) is 28.2 Å². The van der Waals surface area contributed by atoms with E-state index in [1.54, 1.807) is 0 Å². The van der Waals surface area contributed by atoms with Crippen molar-refractivity contribution in [2.24, 2.45) is 0 Å². The van der Waals surface area contributed by atoms with Crippen LogP contribution < -0.4 is 10.2 Å². The minimum atomic E-state index is 0.448. The molecule has 1 aromatic rings. The molecule has 0 amide bonds. The molecule has 0 atom stereocenters. The maximum atomic E-state index is 5.70. The maximum Gasteiger partial charge on any atom is 0.0608 e. The van der Waals surface area contributed by atoms with Gasteiger partial charge in [-0.25, -0.2) is 0 Å². The lowest BCUT2D eigenvalue weighted by Gasteiger charge is -2.34. The highest BCUT2D eigenvalue weighted by Gasteiger charge is 2.20. The topological polar surface area (TPSA) is 24.5 Å². The summed E-state index contributed by atoms with van der Waals surface area (Å²) in [5.74, 6) is 0. The van der Waals surface area contributed by atoms with E-state index < -0.39 is 0 Å². The second-order valence-electron chi connectivity index (χ2n) is 4.96. The summed E-state index contributed by atoms with van der Waals surface area (Å²) in [7, 11) is 1.97. The highest BCUT2D eigenvalue weighted by Crippen LogP contribution is 2.30. The van der Waals surface area contributed by atoms with Crippen LogP contribution in [-0.2, 0) is 11.3 Å².